The predicted molar refractivity (Wildman–Crippen MR) is 134 cm³/mol. The van der Waals surface area contributed by atoms with Gasteiger partial charge >= 0.3 is 0 Å². The molecule has 1 unspecified atom stereocenters. The Bertz CT molecular complexity index is 1370. The van der Waals surface area contributed by atoms with Crippen molar-refractivity contribution in [1.29, 1.82) is 0 Å². The number of benzene rings is 2. The van der Waals surface area contributed by atoms with Crippen LogP contribution in [0.5, 0.6) is 0 Å². The van der Waals surface area contributed by atoms with Crippen LogP contribution in [0.25, 0.3) is 21.8 Å². The molecule has 2 aromatic heterocycles. The van der Waals surface area contributed by atoms with Crippen LogP contribution in [0.2, 0.25) is 5.02 Å². The Hall–Kier alpha value is -2.83. The van der Waals surface area contributed by atoms with Crippen LogP contribution in [-0.2, 0) is 7.05 Å². The van der Waals surface area contributed by atoms with Crippen molar-refractivity contribution in [2.45, 2.75) is 51.3 Å². The Balaban J connectivity index is 1.78. The molecule has 0 radical (unpaired) electrons. The van der Waals surface area contributed by atoms with E-state index in [-0.39, 0.29) is 11.6 Å². The van der Waals surface area contributed by atoms with Gasteiger partial charge in [0.05, 0.1) is 6.04 Å². The van der Waals surface area contributed by atoms with E-state index in [0.29, 0.717) is 22.8 Å². The lowest BCUT2D eigenvalue weighted by Gasteiger charge is -2.30. The monoisotopic (exact) mass is 464 g/mol. The number of aromatic nitrogens is 3. The molecule has 1 saturated carbocycles. The number of anilines is 1. The van der Waals surface area contributed by atoms with Crippen LogP contribution in [-0.4, -0.2) is 26.0 Å². The number of hydrogen-bond acceptors (Lipinski definition) is 4. The number of aliphatic hydroxyl groups is 1. The summed E-state index contributed by atoms with van der Waals surface area (Å²) in [4.78, 5) is 15.6. The largest absolute Gasteiger partial charge is 0.368 e. The number of nitrogens with zero attached hydrogens (tertiary/aromatic N) is 4. The molecule has 0 aliphatic heterocycles. The van der Waals surface area contributed by atoms with Crippen molar-refractivity contribution < 1.29 is 5.11 Å². The van der Waals surface area contributed by atoms with E-state index in [1.54, 1.807) is 4.68 Å². The van der Waals surface area contributed by atoms with E-state index < -0.39 is 6.23 Å². The summed E-state index contributed by atoms with van der Waals surface area (Å²) < 4.78 is 3.59. The smallest absolute Gasteiger partial charge is 0.291 e. The van der Waals surface area contributed by atoms with Gasteiger partial charge in [0.2, 0.25) is 0 Å². The van der Waals surface area contributed by atoms with Gasteiger partial charge in [0.25, 0.3) is 5.56 Å². The second kappa shape index (κ2) is 8.84. The number of hydrogen-bond donors (Lipinski definition) is 1. The third kappa shape index (κ3) is 3.71. The standard InChI is InChI=1S/C26H29ClN4O2/c1-3-30(19-13-9-10-17(27)16-19)25(32)23-22-20-14-7-8-15-21(20)29(2)24(22)26(33)31(28-23)18-11-5-4-6-12-18/h7-10,13-16,18,25,32H,3-6,11-12H2,1-2H3. The van der Waals surface area contributed by atoms with Crippen molar-refractivity contribution in [3.05, 3.63) is 69.6 Å². The molecule has 7 heteroatoms. The van der Waals surface area contributed by atoms with E-state index in [9.17, 15) is 9.90 Å². The van der Waals surface area contributed by atoms with Crippen molar-refractivity contribution in [3.63, 3.8) is 0 Å². The zero-order chi connectivity index (χ0) is 23.1. The molecule has 1 atom stereocenters. The Morgan fingerprint density at radius 1 is 1.15 bits per heavy atom. The first kappa shape index (κ1) is 22.0. The molecule has 6 nitrogen and oxygen atoms in total. The van der Waals surface area contributed by atoms with Crippen LogP contribution in [0.15, 0.2) is 53.3 Å². The minimum absolute atomic E-state index is 0.0564. The van der Waals surface area contributed by atoms with Gasteiger partial charge in [0.15, 0.2) is 6.23 Å². The lowest BCUT2D eigenvalue weighted by molar-refractivity contribution is 0.165. The molecular weight excluding hydrogens is 436 g/mol. The minimum Gasteiger partial charge on any atom is -0.368 e. The van der Waals surface area contributed by atoms with Crippen LogP contribution in [0.3, 0.4) is 0 Å². The second-order valence-corrected chi connectivity index (χ2v) is 9.30. The van der Waals surface area contributed by atoms with E-state index in [4.69, 9.17) is 16.7 Å². The first-order valence-corrected chi connectivity index (χ1v) is 12.1. The molecule has 1 N–H and O–H groups in total. The van der Waals surface area contributed by atoms with Crippen LogP contribution in [0.1, 0.15) is 57.0 Å². The molecule has 1 aliphatic rings. The zero-order valence-corrected chi connectivity index (χ0v) is 19.8. The Morgan fingerprint density at radius 3 is 2.64 bits per heavy atom. The molecule has 0 amide bonds. The second-order valence-electron chi connectivity index (χ2n) is 8.87. The molecule has 0 bridgehead atoms. The molecule has 5 rings (SSSR count). The topological polar surface area (TPSA) is 63.3 Å². The van der Waals surface area contributed by atoms with E-state index in [1.165, 1.54) is 6.42 Å². The lowest BCUT2D eigenvalue weighted by Crippen LogP contribution is -2.34. The maximum absolute atomic E-state index is 13.7. The average molecular weight is 465 g/mol. The molecular formula is C26H29ClN4O2. The van der Waals surface area contributed by atoms with Crippen molar-refractivity contribution in [2.24, 2.45) is 7.05 Å². The molecule has 1 aliphatic carbocycles. The van der Waals surface area contributed by atoms with Gasteiger partial charge in [-0.3, -0.25) is 4.79 Å². The van der Waals surface area contributed by atoms with Gasteiger partial charge in [-0.15, -0.1) is 0 Å². The summed E-state index contributed by atoms with van der Waals surface area (Å²) in [6.07, 6.45) is 4.21. The fourth-order valence-corrected chi connectivity index (χ4v) is 5.46. The average Bonchev–Trinajstić information content (AvgIpc) is 3.14. The van der Waals surface area contributed by atoms with E-state index >= 15 is 0 Å². The summed E-state index contributed by atoms with van der Waals surface area (Å²) in [5.74, 6) is 0. The number of fused-ring (bicyclic) bond motifs is 3. The maximum Gasteiger partial charge on any atom is 0.291 e. The van der Waals surface area contributed by atoms with E-state index in [1.807, 2.05) is 72.0 Å². The van der Waals surface area contributed by atoms with Crippen LogP contribution in [0.4, 0.5) is 5.69 Å². The van der Waals surface area contributed by atoms with E-state index in [2.05, 4.69) is 0 Å². The van der Waals surface area contributed by atoms with Gasteiger partial charge in [-0.25, -0.2) is 4.68 Å². The van der Waals surface area contributed by atoms with Gasteiger partial charge in [0.1, 0.15) is 11.2 Å². The number of halogens is 1. The Kier molecular flexibility index (Phi) is 5.89. The van der Waals surface area contributed by atoms with Crippen molar-refractivity contribution >= 4 is 39.1 Å². The molecule has 2 aromatic carbocycles. The minimum atomic E-state index is -1.03. The molecule has 1 fully saturated rings. The Morgan fingerprint density at radius 2 is 1.91 bits per heavy atom. The Labute approximate surface area is 198 Å². The highest BCUT2D eigenvalue weighted by atomic mass is 35.5. The van der Waals surface area contributed by atoms with Gasteiger partial charge in [-0.1, -0.05) is 55.1 Å². The van der Waals surface area contributed by atoms with Gasteiger partial charge in [-0.2, -0.15) is 5.10 Å². The zero-order valence-electron chi connectivity index (χ0n) is 19.0. The van der Waals surface area contributed by atoms with Crippen molar-refractivity contribution in [1.82, 2.24) is 14.3 Å². The fourth-order valence-electron chi connectivity index (χ4n) is 5.28. The van der Waals surface area contributed by atoms with Gasteiger partial charge in [0, 0.05) is 40.6 Å². The molecule has 2 heterocycles. The SMILES string of the molecule is CCN(c1cccc(Cl)c1)C(O)c1nn(C2CCCCC2)c(=O)c2c1c1ccccc1n2C. The van der Waals surface area contributed by atoms with Gasteiger partial charge < -0.3 is 14.6 Å². The summed E-state index contributed by atoms with van der Waals surface area (Å²) in [6, 6.07) is 15.4. The molecule has 33 heavy (non-hydrogen) atoms. The summed E-state index contributed by atoms with van der Waals surface area (Å²) in [7, 11) is 1.92. The van der Waals surface area contributed by atoms with Crippen LogP contribution >= 0.6 is 11.6 Å². The number of para-hydroxylation sites is 1. The summed E-state index contributed by atoms with van der Waals surface area (Å²) in [5, 5.41) is 18.8. The summed E-state index contributed by atoms with van der Waals surface area (Å²) in [6.45, 7) is 2.54. The maximum atomic E-state index is 13.7. The highest BCUT2D eigenvalue weighted by Crippen LogP contribution is 2.35. The lowest BCUT2D eigenvalue weighted by atomic mass is 9.95. The van der Waals surface area contributed by atoms with Crippen molar-refractivity contribution in [2.75, 3.05) is 11.4 Å². The number of rotatable bonds is 5. The molecule has 0 saturated heterocycles. The van der Waals surface area contributed by atoms with Crippen LogP contribution < -0.4 is 10.5 Å². The quantitative estimate of drug-likeness (QED) is 0.392. The molecule has 0 spiro atoms. The van der Waals surface area contributed by atoms with Gasteiger partial charge in [-0.05, 0) is 44.0 Å². The number of aryl methyl sites for hydroxylation is 1. The third-order valence-electron chi connectivity index (χ3n) is 6.93. The van der Waals surface area contributed by atoms with Crippen molar-refractivity contribution in [3.8, 4) is 0 Å². The summed E-state index contributed by atoms with van der Waals surface area (Å²) >= 11 is 6.25. The fraction of sp³-hybridized carbons (Fsp3) is 0.385. The predicted octanol–water partition coefficient (Wildman–Crippen LogP) is 5.56. The normalized spacial score (nSPS) is 15.9. The highest BCUT2D eigenvalue weighted by molar-refractivity contribution is 6.30. The van der Waals surface area contributed by atoms with Crippen LogP contribution in [0, 0.1) is 0 Å². The number of aliphatic hydroxyl groups excluding tert-OH is 1. The third-order valence-corrected chi connectivity index (χ3v) is 7.17. The highest BCUT2D eigenvalue weighted by Gasteiger charge is 2.29. The summed E-state index contributed by atoms with van der Waals surface area (Å²) in [5.41, 5.74) is 2.77. The molecule has 172 valence electrons. The van der Waals surface area contributed by atoms with E-state index in [0.717, 1.165) is 47.7 Å². The molecule has 4 aromatic rings. The first-order valence-electron chi connectivity index (χ1n) is 11.7. The first-order chi connectivity index (χ1) is 16.0.